The van der Waals surface area contributed by atoms with Crippen molar-refractivity contribution in [2.24, 2.45) is 0 Å². The number of nitrogens with one attached hydrogen (secondary N) is 1. The Morgan fingerprint density at radius 3 is 2.23 bits per heavy atom. The number of hydrogen-bond donors (Lipinski definition) is 1. The van der Waals surface area contributed by atoms with Crippen molar-refractivity contribution in [3.8, 4) is 11.1 Å². The van der Waals surface area contributed by atoms with Crippen LogP contribution in [0.2, 0.25) is 0 Å². The highest BCUT2D eigenvalue weighted by atomic mass is 19.1. The Morgan fingerprint density at radius 2 is 1.60 bits per heavy atom. The highest BCUT2D eigenvalue weighted by Gasteiger charge is 2.22. The van der Waals surface area contributed by atoms with Gasteiger partial charge in [-0.1, -0.05) is 24.3 Å². The van der Waals surface area contributed by atoms with Gasteiger partial charge in [-0.25, -0.2) is 13.6 Å². The van der Waals surface area contributed by atoms with Gasteiger partial charge in [-0.15, -0.1) is 0 Å². The molecule has 0 heterocycles. The highest BCUT2D eigenvalue weighted by Crippen LogP contribution is 2.30. The van der Waals surface area contributed by atoms with Crippen LogP contribution in [-0.2, 0) is 4.74 Å². The Hall–Kier alpha value is -3.54. The molecule has 3 aromatic carbocycles. The second kappa shape index (κ2) is 8.45. The van der Waals surface area contributed by atoms with E-state index in [4.69, 9.17) is 4.74 Å². The molecule has 0 bridgehead atoms. The van der Waals surface area contributed by atoms with E-state index in [1.54, 1.807) is 51.1 Å². The molecular formula is C24H21F2NO3. The van der Waals surface area contributed by atoms with Crippen molar-refractivity contribution in [2.75, 3.05) is 5.32 Å². The summed E-state index contributed by atoms with van der Waals surface area (Å²) in [5.74, 6) is -2.51. The summed E-state index contributed by atoms with van der Waals surface area (Å²) in [6.07, 6.45) is 0. The summed E-state index contributed by atoms with van der Waals surface area (Å²) in [5.41, 5.74) is 0.468. The molecule has 1 N–H and O–H groups in total. The lowest BCUT2D eigenvalue weighted by Crippen LogP contribution is -2.25. The average molecular weight is 409 g/mol. The van der Waals surface area contributed by atoms with E-state index in [0.717, 1.165) is 12.1 Å². The van der Waals surface area contributed by atoms with Crippen LogP contribution in [0.15, 0.2) is 66.7 Å². The number of carbonyl (C=O) groups is 2. The second-order valence-electron chi connectivity index (χ2n) is 7.71. The molecule has 0 aliphatic carbocycles. The number of benzene rings is 3. The molecule has 0 fully saturated rings. The van der Waals surface area contributed by atoms with E-state index in [2.05, 4.69) is 5.32 Å². The Morgan fingerprint density at radius 1 is 0.900 bits per heavy atom. The van der Waals surface area contributed by atoms with Crippen LogP contribution in [0.1, 0.15) is 41.5 Å². The van der Waals surface area contributed by atoms with Gasteiger partial charge in [0.1, 0.15) is 17.2 Å². The zero-order valence-corrected chi connectivity index (χ0v) is 16.8. The lowest BCUT2D eigenvalue weighted by Gasteiger charge is -2.21. The number of esters is 1. The van der Waals surface area contributed by atoms with Crippen LogP contribution in [0.3, 0.4) is 0 Å². The Balaban J connectivity index is 2.04. The summed E-state index contributed by atoms with van der Waals surface area (Å²) in [5, 5.41) is 2.70. The summed E-state index contributed by atoms with van der Waals surface area (Å²) in [7, 11) is 0. The predicted molar refractivity (Wildman–Crippen MR) is 111 cm³/mol. The van der Waals surface area contributed by atoms with Gasteiger partial charge in [-0.05, 0) is 62.7 Å². The average Bonchev–Trinajstić information content (AvgIpc) is 2.67. The third kappa shape index (κ3) is 5.08. The molecule has 0 aliphatic heterocycles. The predicted octanol–water partition coefficient (Wildman–Crippen LogP) is 5.84. The van der Waals surface area contributed by atoms with E-state index in [0.29, 0.717) is 11.1 Å². The number of carbonyl (C=O) groups excluding carboxylic acids is 2. The van der Waals surface area contributed by atoms with Crippen LogP contribution in [0.25, 0.3) is 11.1 Å². The maximum atomic E-state index is 14.3. The molecule has 3 aromatic rings. The summed E-state index contributed by atoms with van der Waals surface area (Å²) in [6.45, 7) is 5.19. The van der Waals surface area contributed by atoms with Crippen LogP contribution >= 0.6 is 0 Å². The minimum Gasteiger partial charge on any atom is -0.456 e. The van der Waals surface area contributed by atoms with Crippen LogP contribution in [0.5, 0.6) is 0 Å². The fourth-order valence-corrected chi connectivity index (χ4v) is 2.83. The normalized spacial score (nSPS) is 11.1. The molecule has 0 atom stereocenters. The van der Waals surface area contributed by atoms with Crippen molar-refractivity contribution >= 4 is 17.6 Å². The Labute approximate surface area is 173 Å². The minimum atomic E-state index is -0.750. The van der Waals surface area contributed by atoms with Crippen LogP contribution in [-0.4, -0.2) is 17.5 Å². The molecule has 3 rings (SSSR count). The van der Waals surface area contributed by atoms with E-state index in [1.807, 2.05) is 0 Å². The molecule has 0 saturated heterocycles. The van der Waals surface area contributed by atoms with Gasteiger partial charge in [0.25, 0.3) is 5.91 Å². The van der Waals surface area contributed by atoms with Crippen LogP contribution < -0.4 is 5.32 Å². The van der Waals surface area contributed by atoms with Crippen molar-refractivity contribution in [3.63, 3.8) is 0 Å². The molecule has 0 spiro atoms. The molecule has 0 aliphatic rings. The van der Waals surface area contributed by atoms with E-state index >= 15 is 0 Å². The third-order valence-electron chi connectivity index (χ3n) is 4.16. The molecule has 0 saturated carbocycles. The van der Waals surface area contributed by atoms with Gasteiger partial charge in [0, 0.05) is 17.2 Å². The number of amides is 1. The van der Waals surface area contributed by atoms with Gasteiger partial charge >= 0.3 is 5.97 Å². The molecular weight excluding hydrogens is 388 g/mol. The van der Waals surface area contributed by atoms with E-state index in [1.165, 1.54) is 24.3 Å². The highest BCUT2D eigenvalue weighted by molar-refractivity contribution is 6.08. The summed E-state index contributed by atoms with van der Waals surface area (Å²) < 4.78 is 33.0. The van der Waals surface area contributed by atoms with Gasteiger partial charge in [0.2, 0.25) is 0 Å². The maximum absolute atomic E-state index is 14.3. The molecule has 0 unspecified atom stereocenters. The van der Waals surface area contributed by atoms with Gasteiger partial charge in [0.15, 0.2) is 0 Å². The van der Waals surface area contributed by atoms with Gasteiger partial charge < -0.3 is 10.1 Å². The fourth-order valence-electron chi connectivity index (χ4n) is 2.83. The number of ether oxygens (including phenoxy) is 1. The van der Waals surface area contributed by atoms with Crippen molar-refractivity contribution in [3.05, 3.63) is 89.5 Å². The molecule has 154 valence electrons. The molecule has 30 heavy (non-hydrogen) atoms. The lowest BCUT2D eigenvalue weighted by molar-refractivity contribution is 0.00708. The van der Waals surface area contributed by atoms with E-state index < -0.39 is 29.1 Å². The number of hydrogen-bond acceptors (Lipinski definition) is 3. The molecule has 6 heteroatoms. The first-order chi connectivity index (χ1) is 14.1. The second-order valence-corrected chi connectivity index (χ2v) is 7.71. The Kier molecular flexibility index (Phi) is 5.96. The molecule has 0 aromatic heterocycles. The van der Waals surface area contributed by atoms with Gasteiger partial charge in [-0.3, -0.25) is 4.79 Å². The fraction of sp³-hybridized carbons (Fsp3) is 0.167. The zero-order chi connectivity index (χ0) is 21.9. The monoisotopic (exact) mass is 409 g/mol. The van der Waals surface area contributed by atoms with Gasteiger partial charge in [-0.2, -0.15) is 0 Å². The van der Waals surface area contributed by atoms with Crippen molar-refractivity contribution < 1.29 is 23.1 Å². The summed E-state index contributed by atoms with van der Waals surface area (Å²) in [6, 6.07) is 16.1. The number of halogens is 2. The summed E-state index contributed by atoms with van der Waals surface area (Å²) >= 11 is 0. The third-order valence-corrected chi connectivity index (χ3v) is 4.16. The molecule has 0 radical (unpaired) electrons. The molecule has 1 amide bonds. The minimum absolute atomic E-state index is 0.125. The van der Waals surface area contributed by atoms with E-state index in [9.17, 15) is 18.4 Å². The van der Waals surface area contributed by atoms with E-state index in [-0.39, 0.29) is 16.8 Å². The first-order valence-electron chi connectivity index (χ1n) is 9.33. The SMILES string of the molecule is CC(C)(C)OC(=O)c1ccc(-c2ccc(F)cc2F)cc1NC(=O)c1ccccc1. The van der Waals surface area contributed by atoms with Crippen LogP contribution in [0, 0.1) is 11.6 Å². The first-order valence-corrected chi connectivity index (χ1v) is 9.33. The first kappa shape index (κ1) is 21.2. The van der Waals surface area contributed by atoms with Crippen LogP contribution in [0.4, 0.5) is 14.5 Å². The summed E-state index contributed by atoms with van der Waals surface area (Å²) in [4.78, 5) is 25.3. The maximum Gasteiger partial charge on any atom is 0.340 e. The van der Waals surface area contributed by atoms with Crippen molar-refractivity contribution in [2.45, 2.75) is 26.4 Å². The quantitative estimate of drug-likeness (QED) is 0.551. The lowest BCUT2D eigenvalue weighted by atomic mass is 10.0. The molecule has 4 nitrogen and oxygen atoms in total. The number of rotatable bonds is 4. The smallest absolute Gasteiger partial charge is 0.340 e. The van der Waals surface area contributed by atoms with Crippen molar-refractivity contribution in [1.29, 1.82) is 0 Å². The van der Waals surface area contributed by atoms with Crippen molar-refractivity contribution in [1.82, 2.24) is 0 Å². The largest absolute Gasteiger partial charge is 0.456 e. The topological polar surface area (TPSA) is 55.4 Å². The number of anilines is 1. The van der Waals surface area contributed by atoms with Gasteiger partial charge in [0.05, 0.1) is 11.3 Å². The zero-order valence-electron chi connectivity index (χ0n) is 16.8. The Bertz CT molecular complexity index is 1090. The standard InChI is InChI=1S/C24H21F2NO3/c1-24(2,3)30-23(29)19-11-9-16(18-12-10-17(25)14-20(18)26)13-21(19)27-22(28)15-7-5-4-6-8-15/h4-14H,1-3H3,(H,27,28).